The molecular weight excluding hydrogens is 462 g/mol. The molecule has 1 atom stereocenters. The highest BCUT2D eigenvalue weighted by molar-refractivity contribution is 5.94. The van der Waals surface area contributed by atoms with E-state index in [1.807, 2.05) is 43.3 Å². The number of aliphatic carboxylic acids is 1. The molecule has 1 aromatic heterocycles. The van der Waals surface area contributed by atoms with Crippen LogP contribution in [0.2, 0.25) is 0 Å². The summed E-state index contributed by atoms with van der Waals surface area (Å²) in [7, 11) is 1.61. The second-order valence-electron chi connectivity index (χ2n) is 8.79. The summed E-state index contributed by atoms with van der Waals surface area (Å²) in [6.07, 6.45) is -0.225. The first kappa shape index (κ1) is 24.7. The van der Waals surface area contributed by atoms with Crippen molar-refractivity contribution in [2.24, 2.45) is 0 Å². The number of nitrogens with zero attached hydrogens (tertiary/aromatic N) is 1. The lowest BCUT2D eigenvalue weighted by Crippen LogP contribution is -2.42. The maximum Gasteiger partial charge on any atom is 0.326 e. The maximum absolute atomic E-state index is 12.0. The van der Waals surface area contributed by atoms with Crippen molar-refractivity contribution in [1.82, 2.24) is 4.98 Å². The summed E-state index contributed by atoms with van der Waals surface area (Å²) in [5.41, 5.74) is 0.755. The van der Waals surface area contributed by atoms with Gasteiger partial charge in [-0.05, 0) is 62.1 Å². The van der Waals surface area contributed by atoms with Gasteiger partial charge < -0.3 is 25.2 Å². The van der Waals surface area contributed by atoms with E-state index in [0.717, 1.165) is 33.5 Å². The van der Waals surface area contributed by atoms with Gasteiger partial charge in [0, 0.05) is 23.2 Å². The summed E-state index contributed by atoms with van der Waals surface area (Å²) in [5, 5.41) is 17.6. The van der Waals surface area contributed by atoms with Gasteiger partial charge in [-0.2, -0.15) is 0 Å². The van der Waals surface area contributed by atoms with Gasteiger partial charge in [0.05, 0.1) is 13.2 Å². The molecule has 9 heteroatoms. The molecule has 0 aliphatic heterocycles. The number of methoxy groups -OCH3 is 1. The molecule has 9 nitrogen and oxygen atoms in total. The van der Waals surface area contributed by atoms with Gasteiger partial charge >= 0.3 is 5.97 Å². The Bertz CT molecular complexity index is 1490. The molecule has 1 heterocycles. The number of pyridine rings is 1. The fourth-order valence-corrected chi connectivity index (χ4v) is 3.90. The van der Waals surface area contributed by atoms with Crippen molar-refractivity contribution in [3.05, 3.63) is 80.2 Å². The van der Waals surface area contributed by atoms with Gasteiger partial charge in [-0.1, -0.05) is 18.2 Å². The molecule has 4 aromatic rings. The fourth-order valence-electron chi connectivity index (χ4n) is 3.90. The first-order valence-corrected chi connectivity index (χ1v) is 11.5. The molecule has 0 aliphatic rings. The summed E-state index contributed by atoms with van der Waals surface area (Å²) in [6.45, 7) is 5.36. The number of carboxylic acid groups (broad SMARTS) is 1. The third-order valence-electron chi connectivity index (χ3n) is 5.66. The number of benzene rings is 2. The van der Waals surface area contributed by atoms with Crippen LogP contribution in [0.3, 0.4) is 0 Å². The van der Waals surface area contributed by atoms with Crippen LogP contribution in [0, 0.1) is 6.92 Å². The van der Waals surface area contributed by atoms with Crippen molar-refractivity contribution in [2.45, 2.75) is 39.3 Å². The van der Waals surface area contributed by atoms with Gasteiger partial charge in [-0.25, -0.2) is 9.78 Å². The number of nitrogens with one attached hydrogen (secondary N) is 2. The highest BCUT2D eigenvalue weighted by Gasteiger charge is 2.28. The number of anilines is 3. The minimum absolute atomic E-state index is 0.0905. The van der Waals surface area contributed by atoms with E-state index in [0.29, 0.717) is 5.82 Å². The van der Waals surface area contributed by atoms with Crippen LogP contribution in [0.1, 0.15) is 25.1 Å². The topological polar surface area (TPSA) is 127 Å². The van der Waals surface area contributed by atoms with Gasteiger partial charge in [0.1, 0.15) is 23.3 Å². The Labute approximate surface area is 207 Å². The van der Waals surface area contributed by atoms with Crippen molar-refractivity contribution >= 4 is 33.9 Å². The molecule has 3 aromatic carbocycles. The van der Waals surface area contributed by atoms with Crippen molar-refractivity contribution in [2.75, 3.05) is 17.7 Å². The number of rotatable bonds is 10. The average Bonchev–Trinajstić information content (AvgIpc) is 2.85. The smallest absolute Gasteiger partial charge is 0.326 e. The van der Waals surface area contributed by atoms with Crippen LogP contribution in [-0.4, -0.2) is 35.3 Å². The average molecular weight is 490 g/mol. The summed E-state index contributed by atoms with van der Waals surface area (Å²) in [4.78, 5) is 40.3. The van der Waals surface area contributed by atoms with Crippen molar-refractivity contribution in [3.63, 3.8) is 0 Å². The van der Waals surface area contributed by atoms with E-state index in [-0.39, 0.29) is 24.0 Å². The molecule has 0 saturated heterocycles. The Balaban J connectivity index is 1.52. The molecule has 0 unspecified atom stereocenters. The molecule has 0 aliphatic carbocycles. The van der Waals surface area contributed by atoms with Crippen LogP contribution in [0.4, 0.5) is 17.2 Å². The Morgan fingerprint density at radius 1 is 1.06 bits per heavy atom. The van der Waals surface area contributed by atoms with Gasteiger partial charge in [-0.15, -0.1) is 0 Å². The highest BCUT2D eigenvalue weighted by Crippen LogP contribution is 2.29. The van der Waals surface area contributed by atoms with Crippen LogP contribution >= 0.6 is 0 Å². The molecule has 0 radical (unpaired) electrons. The zero-order valence-corrected chi connectivity index (χ0v) is 20.4. The van der Waals surface area contributed by atoms with Gasteiger partial charge in [0.15, 0.2) is 5.75 Å². The molecule has 0 amide bonds. The zero-order valence-electron chi connectivity index (χ0n) is 20.4. The second kappa shape index (κ2) is 10.1. The number of carboxylic acids is 1. The molecule has 0 bridgehead atoms. The van der Waals surface area contributed by atoms with Crippen LogP contribution in [-0.2, 0) is 11.2 Å². The van der Waals surface area contributed by atoms with Gasteiger partial charge in [0.2, 0.25) is 0 Å². The van der Waals surface area contributed by atoms with Crippen LogP contribution in [0.15, 0.2) is 58.1 Å². The minimum Gasteiger partial charge on any atom is -0.497 e. The molecule has 0 saturated carbocycles. The van der Waals surface area contributed by atoms with Crippen molar-refractivity contribution in [3.8, 4) is 11.5 Å². The molecule has 3 N–H and O–H groups in total. The predicted molar refractivity (Wildman–Crippen MR) is 139 cm³/mol. The third-order valence-corrected chi connectivity index (χ3v) is 5.66. The normalized spacial score (nSPS) is 12.0. The number of hydrogen-bond donors (Lipinski definition) is 3. The first-order chi connectivity index (χ1) is 17.2. The lowest BCUT2D eigenvalue weighted by atomic mass is 10.0. The van der Waals surface area contributed by atoms with E-state index in [9.17, 15) is 19.5 Å². The predicted octanol–water partition coefficient (Wildman–Crippen LogP) is 3.79. The number of fused-ring (bicyclic) bond motifs is 1. The van der Waals surface area contributed by atoms with Crippen LogP contribution in [0.25, 0.3) is 10.8 Å². The molecule has 0 spiro atoms. The number of hydrogen-bond acceptors (Lipinski definition) is 8. The Hall–Kier alpha value is -4.40. The SMILES string of the molecule is COc1ccc2cc(C)nc(Nc3ccc(C[C@H](Nc4c(OC(C)C)c(=O)c4=O)C(=O)O)cc3)c2c1. The highest BCUT2D eigenvalue weighted by atomic mass is 16.5. The number of aromatic nitrogens is 1. The van der Waals surface area contributed by atoms with E-state index in [1.54, 1.807) is 33.1 Å². The summed E-state index contributed by atoms with van der Waals surface area (Å²) < 4.78 is 10.7. The van der Waals surface area contributed by atoms with Gasteiger partial charge in [-0.3, -0.25) is 9.59 Å². The van der Waals surface area contributed by atoms with Crippen LogP contribution in [0.5, 0.6) is 11.5 Å². The number of carbonyl (C=O) groups is 1. The monoisotopic (exact) mass is 489 g/mol. The zero-order chi connectivity index (χ0) is 26.0. The van der Waals surface area contributed by atoms with E-state index in [2.05, 4.69) is 15.6 Å². The van der Waals surface area contributed by atoms with Crippen molar-refractivity contribution in [1.29, 1.82) is 0 Å². The van der Waals surface area contributed by atoms with E-state index < -0.39 is 22.9 Å². The van der Waals surface area contributed by atoms with Crippen molar-refractivity contribution < 1.29 is 19.4 Å². The lowest BCUT2D eigenvalue weighted by Gasteiger charge is -2.20. The summed E-state index contributed by atoms with van der Waals surface area (Å²) >= 11 is 0. The first-order valence-electron chi connectivity index (χ1n) is 11.5. The summed E-state index contributed by atoms with van der Waals surface area (Å²) in [6, 6.07) is 13.9. The molecular formula is C27H27N3O6. The lowest BCUT2D eigenvalue weighted by molar-refractivity contribution is -0.137. The maximum atomic E-state index is 12.0. The molecule has 4 rings (SSSR count). The molecule has 186 valence electrons. The van der Waals surface area contributed by atoms with E-state index >= 15 is 0 Å². The fraction of sp³-hybridized carbons (Fsp3) is 0.259. The Morgan fingerprint density at radius 3 is 2.42 bits per heavy atom. The largest absolute Gasteiger partial charge is 0.497 e. The number of aryl methyl sites for hydroxylation is 1. The minimum atomic E-state index is -1.15. The third kappa shape index (κ3) is 5.14. The molecule has 36 heavy (non-hydrogen) atoms. The Morgan fingerprint density at radius 2 is 1.78 bits per heavy atom. The number of ether oxygens (including phenoxy) is 2. The van der Waals surface area contributed by atoms with E-state index in [1.165, 1.54) is 0 Å². The Kier molecular flexibility index (Phi) is 6.91. The van der Waals surface area contributed by atoms with E-state index in [4.69, 9.17) is 9.47 Å². The van der Waals surface area contributed by atoms with Crippen LogP contribution < -0.4 is 31.0 Å². The standard InChI is InChI=1S/C27H27N3O6/c1-14(2)36-25-22(23(31)24(25)32)30-21(27(33)34)12-16-5-8-18(9-6-16)29-26-20-13-19(35-4)10-7-17(20)11-15(3)28-26/h5-11,13-14,21,30H,12H2,1-4H3,(H,28,29)(H,33,34)/t21-/m0/s1. The molecule has 0 fully saturated rings. The quantitative estimate of drug-likeness (QED) is 0.285. The van der Waals surface area contributed by atoms with Gasteiger partial charge in [0.25, 0.3) is 10.9 Å². The summed E-state index contributed by atoms with van der Waals surface area (Å²) in [5.74, 6) is 0.141. The second-order valence-corrected chi connectivity index (χ2v) is 8.79.